The van der Waals surface area contributed by atoms with Gasteiger partial charge in [0.15, 0.2) is 0 Å². The van der Waals surface area contributed by atoms with Gasteiger partial charge >= 0.3 is 0 Å². The second-order valence-electron chi connectivity index (χ2n) is 5.85. The lowest BCUT2D eigenvalue weighted by molar-refractivity contribution is 0.103. The number of nitrogens with one attached hydrogen (secondary N) is 1. The van der Waals surface area contributed by atoms with Gasteiger partial charge in [0.25, 0.3) is 5.91 Å². The minimum absolute atomic E-state index is 0.0679. The summed E-state index contributed by atoms with van der Waals surface area (Å²) in [6.45, 7) is 1.92. The Kier molecular flexibility index (Phi) is 5.38. The summed E-state index contributed by atoms with van der Waals surface area (Å²) < 4.78 is 19.7. The second-order valence-corrected chi connectivity index (χ2v) is 7.17. The molecule has 0 spiro atoms. The van der Waals surface area contributed by atoms with Gasteiger partial charge in [-0.25, -0.2) is 4.39 Å². The first-order chi connectivity index (χ1) is 11.5. The molecule has 0 radical (unpaired) electrons. The molecule has 1 saturated heterocycles. The van der Waals surface area contributed by atoms with Crippen molar-refractivity contribution < 1.29 is 13.9 Å². The van der Waals surface area contributed by atoms with Crippen LogP contribution in [0.2, 0.25) is 5.02 Å². The summed E-state index contributed by atoms with van der Waals surface area (Å²) in [5, 5.41) is 4.79. The van der Waals surface area contributed by atoms with Crippen LogP contribution in [-0.2, 0) is 0 Å². The molecule has 24 heavy (non-hydrogen) atoms. The van der Waals surface area contributed by atoms with Crippen LogP contribution >= 0.6 is 22.9 Å². The van der Waals surface area contributed by atoms with Crippen LogP contribution < -0.4 is 10.1 Å². The van der Waals surface area contributed by atoms with E-state index in [-0.39, 0.29) is 12.0 Å². The summed E-state index contributed by atoms with van der Waals surface area (Å²) in [5.41, 5.74) is 0.354. The van der Waals surface area contributed by atoms with E-state index in [0.29, 0.717) is 21.3 Å². The van der Waals surface area contributed by atoms with E-state index in [1.807, 2.05) is 0 Å². The van der Waals surface area contributed by atoms with Gasteiger partial charge in [-0.3, -0.25) is 4.79 Å². The first kappa shape index (κ1) is 17.2. The third kappa shape index (κ3) is 4.26. The van der Waals surface area contributed by atoms with Crippen LogP contribution in [0.4, 0.5) is 10.1 Å². The van der Waals surface area contributed by atoms with E-state index < -0.39 is 5.82 Å². The summed E-state index contributed by atoms with van der Waals surface area (Å²) in [6, 6.07) is 5.90. The number of amides is 1. The van der Waals surface area contributed by atoms with Crippen molar-refractivity contribution in [3.63, 3.8) is 0 Å². The zero-order chi connectivity index (χ0) is 17.1. The standard InChI is InChI=1S/C17H18ClFN2O2S/c1-21-5-2-13(3-6-21)23-14-9-11(19)8-12(10-14)20-17(22)16-15(18)4-7-24-16/h4,7-10,13H,2-3,5-6H2,1H3,(H,20,22). The van der Waals surface area contributed by atoms with Crippen molar-refractivity contribution in [1.82, 2.24) is 4.90 Å². The molecule has 4 nitrogen and oxygen atoms in total. The Labute approximate surface area is 149 Å². The van der Waals surface area contributed by atoms with Gasteiger partial charge in [0, 0.05) is 30.9 Å². The molecule has 1 aliphatic rings. The quantitative estimate of drug-likeness (QED) is 0.876. The summed E-state index contributed by atoms with van der Waals surface area (Å²) >= 11 is 7.19. The van der Waals surface area contributed by atoms with Gasteiger partial charge in [0.1, 0.15) is 22.5 Å². The second kappa shape index (κ2) is 7.51. The van der Waals surface area contributed by atoms with Crippen molar-refractivity contribution >= 4 is 34.5 Å². The molecule has 7 heteroatoms. The lowest BCUT2D eigenvalue weighted by atomic mass is 10.1. The number of hydrogen-bond acceptors (Lipinski definition) is 4. The topological polar surface area (TPSA) is 41.6 Å². The predicted molar refractivity (Wildman–Crippen MR) is 94.8 cm³/mol. The summed E-state index contributed by atoms with van der Waals surface area (Å²) in [5.74, 6) is -0.379. The van der Waals surface area contributed by atoms with E-state index in [4.69, 9.17) is 16.3 Å². The fraction of sp³-hybridized carbons (Fsp3) is 0.353. The molecule has 0 saturated carbocycles. The average Bonchev–Trinajstić information content (AvgIpc) is 2.95. The molecule has 0 unspecified atom stereocenters. The molecule has 0 atom stereocenters. The Morgan fingerprint density at radius 2 is 2.12 bits per heavy atom. The minimum Gasteiger partial charge on any atom is -0.490 e. The third-order valence-corrected chi connectivity index (χ3v) is 5.26. The fourth-order valence-electron chi connectivity index (χ4n) is 2.64. The molecule has 1 amide bonds. The summed E-state index contributed by atoms with van der Waals surface area (Å²) in [4.78, 5) is 14.8. The number of piperidine rings is 1. The van der Waals surface area contributed by atoms with Crippen LogP contribution in [0.5, 0.6) is 5.75 Å². The van der Waals surface area contributed by atoms with Gasteiger partial charge in [-0.05, 0) is 37.4 Å². The van der Waals surface area contributed by atoms with Crippen LogP contribution in [0.3, 0.4) is 0 Å². The number of hydrogen-bond donors (Lipinski definition) is 1. The monoisotopic (exact) mass is 368 g/mol. The highest BCUT2D eigenvalue weighted by Crippen LogP contribution is 2.26. The Bertz CT molecular complexity index is 729. The smallest absolute Gasteiger partial charge is 0.267 e. The van der Waals surface area contributed by atoms with Crippen molar-refractivity contribution in [1.29, 1.82) is 0 Å². The lowest BCUT2D eigenvalue weighted by Crippen LogP contribution is -2.35. The Morgan fingerprint density at radius 3 is 2.79 bits per heavy atom. The third-order valence-electron chi connectivity index (χ3n) is 3.92. The lowest BCUT2D eigenvalue weighted by Gasteiger charge is -2.29. The first-order valence-electron chi connectivity index (χ1n) is 7.71. The molecular weight excluding hydrogens is 351 g/mol. The van der Waals surface area contributed by atoms with E-state index in [1.165, 1.54) is 23.5 Å². The first-order valence-corrected chi connectivity index (χ1v) is 8.97. The SMILES string of the molecule is CN1CCC(Oc2cc(F)cc(NC(=O)c3sccc3Cl)c2)CC1. The van der Waals surface area contributed by atoms with E-state index in [9.17, 15) is 9.18 Å². The predicted octanol–water partition coefficient (Wildman–Crippen LogP) is 4.27. The van der Waals surface area contributed by atoms with Crippen LogP contribution in [0.1, 0.15) is 22.5 Å². The van der Waals surface area contributed by atoms with Crippen LogP contribution in [-0.4, -0.2) is 37.0 Å². The van der Waals surface area contributed by atoms with Crippen molar-refractivity contribution in [2.24, 2.45) is 0 Å². The molecule has 1 aliphatic heterocycles. The number of benzene rings is 1. The van der Waals surface area contributed by atoms with Crippen molar-refractivity contribution in [3.05, 3.63) is 45.4 Å². The highest BCUT2D eigenvalue weighted by molar-refractivity contribution is 7.12. The zero-order valence-corrected chi connectivity index (χ0v) is 14.8. The van der Waals surface area contributed by atoms with E-state index in [1.54, 1.807) is 17.5 Å². The van der Waals surface area contributed by atoms with Gasteiger partial charge in [-0.1, -0.05) is 11.6 Å². The molecule has 2 aromatic rings. The minimum atomic E-state index is -0.451. The maximum Gasteiger partial charge on any atom is 0.267 e. The van der Waals surface area contributed by atoms with Gasteiger partial charge in [-0.2, -0.15) is 0 Å². The molecule has 0 bridgehead atoms. The Morgan fingerprint density at radius 1 is 1.38 bits per heavy atom. The number of rotatable bonds is 4. The van der Waals surface area contributed by atoms with Gasteiger partial charge in [-0.15, -0.1) is 11.3 Å². The van der Waals surface area contributed by atoms with E-state index in [2.05, 4.69) is 17.3 Å². The number of likely N-dealkylation sites (tertiary alicyclic amines) is 1. The number of anilines is 1. The van der Waals surface area contributed by atoms with Gasteiger partial charge < -0.3 is 15.0 Å². The molecule has 128 valence electrons. The maximum absolute atomic E-state index is 13.9. The summed E-state index contributed by atoms with van der Waals surface area (Å²) in [6.07, 6.45) is 1.87. The van der Waals surface area contributed by atoms with Crippen molar-refractivity contribution in [3.8, 4) is 5.75 Å². The fourth-order valence-corrected chi connectivity index (χ4v) is 3.68. The Hall–Kier alpha value is -1.63. The highest BCUT2D eigenvalue weighted by atomic mass is 35.5. The highest BCUT2D eigenvalue weighted by Gasteiger charge is 2.19. The number of carbonyl (C=O) groups excluding carboxylic acids is 1. The molecule has 3 rings (SSSR count). The molecule has 1 aromatic heterocycles. The van der Waals surface area contributed by atoms with E-state index >= 15 is 0 Å². The molecule has 1 N–H and O–H groups in total. The number of ether oxygens (including phenoxy) is 1. The molecule has 1 fully saturated rings. The summed E-state index contributed by atoms with van der Waals surface area (Å²) in [7, 11) is 2.07. The molecule has 1 aromatic carbocycles. The van der Waals surface area contributed by atoms with Crippen LogP contribution in [0.15, 0.2) is 29.6 Å². The number of halogens is 2. The largest absolute Gasteiger partial charge is 0.490 e. The van der Waals surface area contributed by atoms with Crippen molar-refractivity contribution in [2.45, 2.75) is 18.9 Å². The normalized spacial score (nSPS) is 16.1. The number of thiophene rings is 1. The van der Waals surface area contributed by atoms with E-state index in [0.717, 1.165) is 25.9 Å². The van der Waals surface area contributed by atoms with Gasteiger partial charge in [0.2, 0.25) is 0 Å². The van der Waals surface area contributed by atoms with Crippen LogP contribution in [0, 0.1) is 5.82 Å². The van der Waals surface area contributed by atoms with Crippen LogP contribution in [0.25, 0.3) is 0 Å². The maximum atomic E-state index is 13.9. The average molecular weight is 369 g/mol. The molecule has 0 aliphatic carbocycles. The number of nitrogens with zero attached hydrogens (tertiary/aromatic N) is 1. The zero-order valence-electron chi connectivity index (χ0n) is 13.2. The molecular formula is C17H18ClFN2O2S. The Balaban J connectivity index is 1.69. The van der Waals surface area contributed by atoms with Gasteiger partial charge in [0.05, 0.1) is 5.02 Å². The number of carbonyl (C=O) groups is 1. The molecule has 2 heterocycles. The van der Waals surface area contributed by atoms with Crippen molar-refractivity contribution in [2.75, 3.05) is 25.5 Å².